The lowest BCUT2D eigenvalue weighted by molar-refractivity contribution is 0.0841. The van der Waals surface area contributed by atoms with E-state index in [9.17, 15) is 13.5 Å². The molecule has 5 nitrogen and oxygen atoms in total. The minimum atomic E-state index is -3.41. The van der Waals surface area contributed by atoms with Crippen LogP contribution in [0.15, 0.2) is 77.7 Å². The molecule has 1 saturated heterocycles. The quantitative estimate of drug-likeness (QED) is 0.473. The predicted octanol–water partition coefficient (Wildman–Crippen LogP) is 4.89. The molecule has 0 amide bonds. The molecule has 0 radical (unpaired) electrons. The summed E-state index contributed by atoms with van der Waals surface area (Å²) in [7, 11) is -3.41. The van der Waals surface area contributed by atoms with Crippen molar-refractivity contribution in [2.24, 2.45) is 0 Å². The first-order chi connectivity index (χ1) is 16.4. The van der Waals surface area contributed by atoms with Crippen LogP contribution in [-0.4, -0.2) is 37.6 Å². The van der Waals surface area contributed by atoms with Crippen LogP contribution >= 0.6 is 0 Å². The minimum Gasteiger partial charge on any atom is -0.489 e. The standard InChI is InChI=1S/C28H33NO4S/c1-22-15-25(21-34(31,32)28-8-3-2-4-9-28)17-27(16-22)33-20-24-12-10-23(11-13-24)18-29-14-6-5-7-26(29)19-30/h2-4,8-13,15-17,26,30H,5-7,14,18-21H2,1H3. The van der Waals surface area contributed by atoms with Gasteiger partial charge in [-0.2, -0.15) is 0 Å². The van der Waals surface area contributed by atoms with Gasteiger partial charge in [0, 0.05) is 12.6 Å². The second kappa shape index (κ2) is 11.2. The van der Waals surface area contributed by atoms with Gasteiger partial charge in [0.05, 0.1) is 17.3 Å². The molecule has 6 heteroatoms. The van der Waals surface area contributed by atoms with Crippen LogP contribution in [0.2, 0.25) is 0 Å². The maximum Gasteiger partial charge on any atom is 0.182 e. The van der Waals surface area contributed by atoms with Gasteiger partial charge in [-0.25, -0.2) is 8.42 Å². The fourth-order valence-electron chi connectivity index (χ4n) is 4.54. The van der Waals surface area contributed by atoms with Crippen molar-refractivity contribution >= 4 is 9.84 Å². The molecule has 1 atom stereocenters. The molecule has 0 bridgehead atoms. The molecule has 0 spiro atoms. The molecule has 1 unspecified atom stereocenters. The van der Waals surface area contributed by atoms with Crippen molar-refractivity contribution in [3.63, 3.8) is 0 Å². The Morgan fingerprint density at radius 3 is 2.41 bits per heavy atom. The Bertz CT molecular complexity index is 1180. The van der Waals surface area contributed by atoms with Crippen molar-refractivity contribution in [2.45, 2.75) is 56.0 Å². The molecular formula is C28H33NO4S. The minimum absolute atomic E-state index is 0.0604. The largest absolute Gasteiger partial charge is 0.489 e. The molecule has 34 heavy (non-hydrogen) atoms. The Morgan fingerprint density at radius 2 is 1.68 bits per heavy atom. The van der Waals surface area contributed by atoms with Crippen molar-refractivity contribution in [3.8, 4) is 5.75 Å². The Labute approximate surface area is 202 Å². The number of piperidine rings is 1. The summed E-state index contributed by atoms with van der Waals surface area (Å²) in [5.41, 5.74) is 3.97. The van der Waals surface area contributed by atoms with Gasteiger partial charge in [-0.3, -0.25) is 4.90 Å². The average Bonchev–Trinajstić information content (AvgIpc) is 2.84. The Kier molecular flexibility index (Phi) is 8.03. The maximum atomic E-state index is 12.8. The number of hydrogen-bond donors (Lipinski definition) is 1. The van der Waals surface area contributed by atoms with Crippen LogP contribution in [0.4, 0.5) is 0 Å². The SMILES string of the molecule is Cc1cc(CS(=O)(=O)c2ccccc2)cc(OCc2ccc(CN3CCCCC3CO)cc2)c1. The predicted molar refractivity (Wildman–Crippen MR) is 134 cm³/mol. The van der Waals surface area contributed by atoms with Crippen LogP contribution in [-0.2, 0) is 28.7 Å². The van der Waals surface area contributed by atoms with Crippen LogP contribution in [0.3, 0.4) is 0 Å². The zero-order chi connectivity index (χ0) is 24.0. The number of sulfone groups is 1. The summed E-state index contributed by atoms with van der Waals surface area (Å²) in [4.78, 5) is 2.70. The van der Waals surface area contributed by atoms with Gasteiger partial charge in [0.1, 0.15) is 12.4 Å². The fraction of sp³-hybridized carbons (Fsp3) is 0.357. The average molecular weight is 480 g/mol. The summed E-state index contributed by atoms with van der Waals surface area (Å²) in [6.07, 6.45) is 3.44. The maximum absolute atomic E-state index is 12.8. The number of likely N-dealkylation sites (tertiary alicyclic amines) is 1. The summed E-state index contributed by atoms with van der Waals surface area (Å²) in [6.45, 7) is 4.46. The van der Waals surface area contributed by atoms with Crippen LogP contribution in [0, 0.1) is 6.92 Å². The zero-order valence-corrected chi connectivity index (χ0v) is 20.5. The highest BCUT2D eigenvalue weighted by Gasteiger charge is 2.21. The lowest BCUT2D eigenvalue weighted by atomic mass is 10.0. The third-order valence-corrected chi connectivity index (χ3v) is 8.05. The first kappa shape index (κ1) is 24.5. The van der Waals surface area contributed by atoms with Gasteiger partial charge in [0.2, 0.25) is 0 Å². The molecule has 3 aromatic rings. The molecule has 3 aromatic carbocycles. The first-order valence-corrected chi connectivity index (χ1v) is 13.5. The zero-order valence-electron chi connectivity index (χ0n) is 19.7. The van der Waals surface area contributed by atoms with E-state index < -0.39 is 9.84 Å². The van der Waals surface area contributed by atoms with Crippen molar-refractivity contribution in [3.05, 3.63) is 95.1 Å². The monoisotopic (exact) mass is 479 g/mol. The Morgan fingerprint density at radius 1 is 0.941 bits per heavy atom. The summed E-state index contributed by atoms with van der Waals surface area (Å²) in [6, 6.07) is 22.8. The van der Waals surface area contributed by atoms with Gasteiger partial charge < -0.3 is 9.84 Å². The second-order valence-corrected chi connectivity index (χ2v) is 11.1. The highest BCUT2D eigenvalue weighted by atomic mass is 32.2. The number of ether oxygens (including phenoxy) is 1. The molecule has 1 aliphatic rings. The number of aliphatic hydroxyl groups is 1. The molecule has 1 aliphatic heterocycles. The first-order valence-electron chi connectivity index (χ1n) is 11.9. The van der Waals surface area contributed by atoms with E-state index in [-0.39, 0.29) is 18.4 Å². The Hall–Kier alpha value is -2.67. The molecule has 180 valence electrons. The molecule has 1 fully saturated rings. The number of rotatable bonds is 9. The second-order valence-electron chi connectivity index (χ2n) is 9.13. The third-order valence-electron chi connectivity index (χ3n) is 6.34. The van der Waals surface area contributed by atoms with Crippen LogP contribution in [0.5, 0.6) is 5.75 Å². The normalized spacial score (nSPS) is 16.9. The smallest absolute Gasteiger partial charge is 0.182 e. The van der Waals surface area contributed by atoms with Gasteiger partial charge in [0.25, 0.3) is 0 Å². The summed E-state index contributed by atoms with van der Waals surface area (Å²) in [5.74, 6) is 0.608. The third kappa shape index (κ3) is 6.47. The lowest BCUT2D eigenvalue weighted by Gasteiger charge is -2.34. The number of nitrogens with zero attached hydrogens (tertiary/aromatic N) is 1. The summed E-state index contributed by atoms with van der Waals surface area (Å²) < 4.78 is 31.5. The molecular weight excluding hydrogens is 446 g/mol. The number of benzene rings is 3. The van der Waals surface area contributed by atoms with Crippen LogP contribution in [0.1, 0.15) is 41.5 Å². The van der Waals surface area contributed by atoms with E-state index in [1.165, 1.54) is 18.4 Å². The van der Waals surface area contributed by atoms with Gasteiger partial charge in [-0.15, -0.1) is 0 Å². The molecule has 0 saturated carbocycles. The van der Waals surface area contributed by atoms with Gasteiger partial charge in [-0.05, 0) is 72.8 Å². The molecule has 1 heterocycles. The molecule has 4 rings (SSSR count). The van der Waals surface area contributed by atoms with Crippen molar-refractivity contribution in [1.29, 1.82) is 0 Å². The number of hydrogen-bond acceptors (Lipinski definition) is 5. The van der Waals surface area contributed by atoms with E-state index in [2.05, 4.69) is 29.2 Å². The summed E-state index contributed by atoms with van der Waals surface area (Å²) in [5, 5.41) is 9.63. The Balaban J connectivity index is 1.37. The highest BCUT2D eigenvalue weighted by Crippen LogP contribution is 2.23. The van der Waals surface area contributed by atoms with Crippen molar-refractivity contribution in [1.82, 2.24) is 4.90 Å². The highest BCUT2D eigenvalue weighted by molar-refractivity contribution is 7.90. The molecule has 1 N–H and O–H groups in total. The number of aryl methyl sites for hydroxylation is 1. The van der Waals surface area contributed by atoms with Crippen LogP contribution < -0.4 is 4.74 Å². The van der Waals surface area contributed by atoms with Crippen LogP contribution in [0.25, 0.3) is 0 Å². The fourth-order valence-corrected chi connectivity index (χ4v) is 5.88. The molecule has 0 aromatic heterocycles. The van der Waals surface area contributed by atoms with Crippen molar-refractivity contribution in [2.75, 3.05) is 13.2 Å². The van der Waals surface area contributed by atoms with E-state index in [1.807, 2.05) is 31.2 Å². The summed E-state index contributed by atoms with van der Waals surface area (Å²) >= 11 is 0. The lowest BCUT2D eigenvalue weighted by Crippen LogP contribution is -2.41. The van der Waals surface area contributed by atoms with E-state index in [4.69, 9.17) is 4.74 Å². The van der Waals surface area contributed by atoms with E-state index in [0.717, 1.165) is 30.6 Å². The van der Waals surface area contributed by atoms with E-state index >= 15 is 0 Å². The van der Waals surface area contributed by atoms with Gasteiger partial charge in [-0.1, -0.05) is 55.0 Å². The van der Waals surface area contributed by atoms with E-state index in [0.29, 0.717) is 22.8 Å². The van der Waals surface area contributed by atoms with Gasteiger partial charge >= 0.3 is 0 Å². The topological polar surface area (TPSA) is 66.8 Å². The number of aliphatic hydroxyl groups excluding tert-OH is 1. The molecule has 0 aliphatic carbocycles. The van der Waals surface area contributed by atoms with Crippen molar-refractivity contribution < 1.29 is 18.3 Å². The van der Waals surface area contributed by atoms with Gasteiger partial charge in [0.15, 0.2) is 9.84 Å². The van der Waals surface area contributed by atoms with E-state index in [1.54, 1.807) is 24.3 Å².